The lowest BCUT2D eigenvalue weighted by molar-refractivity contribution is -0.170. The zero-order valence-electron chi connectivity index (χ0n) is 12.1. The van der Waals surface area contributed by atoms with Gasteiger partial charge in [0, 0.05) is 24.6 Å². The zero-order chi connectivity index (χ0) is 15.9. The average Bonchev–Trinajstić information content (AvgIpc) is 2.98. The van der Waals surface area contributed by atoms with Crippen molar-refractivity contribution in [1.29, 1.82) is 0 Å². The Kier molecular flexibility index (Phi) is 3.84. The SMILES string of the molecule is CN1C(=O)OC(F)(C(=O)N2CCCC2)Cc2ccc(Br)cc21. The molecule has 2 aliphatic heterocycles. The molecule has 1 aromatic carbocycles. The van der Waals surface area contributed by atoms with Crippen LogP contribution in [0.4, 0.5) is 14.9 Å². The van der Waals surface area contributed by atoms with Crippen LogP contribution in [0.5, 0.6) is 0 Å². The Labute approximate surface area is 136 Å². The highest BCUT2D eigenvalue weighted by atomic mass is 79.9. The number of alkyl halides is 1. The number of ether oxygens (including phenoxy) is 1. The number of likely N-dealkylation sites (tertiary alicyclic amines) is 1. The normalized spacial score (nSPS) is 24.8. The van der Waals surface area contributed by atoms with Crippen LogP contribution >= 0.6 is 15.9 Å². The van der Waals surface area contributed by atoms with Crippen molar-refractivity contribution in [2.75, 3.05) is 25.0 Å². The highest BCUT2D eigenvalue weighted by molar-refractivity contribution is 9.10. The number of hydrogen-bond donors (Lipinski definition) is 0. The van der Waals surface area contributed by atoms with E-state index >= 15 is 4.39 Å². The van der Waals surface area contributed by atoms with Crippen LogP contribution in [0.1, 0.15) is 18.4 Å². The van der Waals surface area contributed by atoms with Crippen LogP contribution in [0.25, 0.3) is 0 Å². The van der Waals surface area contributed by atoms with Gasteiger partial charge in [0.05, 0.1) is 12.1 Å². The first-order valence-electron chi connectivity index (χ1n) is 7.14. The summed E-state index contributed by atoms with van der Waals surface area (Å²) in [4.78, 5) is 27.2. The molecule has 7 heteroatoms. The number of amides is 2. The van der Waals surface area contributed by atoms with E-state index in [9.17, 15) is 9.59 Å². The van der Waals surface area contributed by atoms with Gasteiger partial charge in [0.1, 0.15) is 0 Å². The van der Waals surface area contributed by atoms with Crippen molar-refractivity contribution in [3.63, 3.8) is 0 Å². The number of benzene rings is 1. The largest absolute Gasteiger partial charge is 0.417 e. The van der Waals surface area contributed by atoms with Crippen molar-refractivity contribution in [1.82, 2.24) is 4.90 Å². The molecule has 0 spiro atoms. The molecule has 0 N–H and O–H groups in total. The first kappa shape index (κ1) is 15.3. The van der Waals surface area contributed by atoms with Crippen LogP contribution in [0, 0.1) is 0 Å². The van der Waals surface area contributed by atoms with E-state index in [4.69, 9.17) is 4.74 Å². The minimum atomic E-state index is -2.64. The Hall–Kier alpha value is -1.63. The molecular formula is C15H16BrFN2O3. The summed E-state index contributed by atoms with van der Waals surface area (Å²) in [6.07, 6.45) is 0.547. The number of rotatable bonds is 1. The molecule has 1 fully saturated rings. The third-order valence-corrected chi connectivity index (χ3v) is 4.56. The molecule has 22 heavy (non-hydrogen) atoms. The van der Waals surface area contributed by atoms with Crippen LogP contribution in [0.3, 0.4) is 0 Å². The van der Waals surface area contributed by atoms with Crippen molar-refractivity contribution in [3.05, 3.63) is 28.2 Å². The molecule has 0 radical (unpaired) electrons. The summed E-state index contributed by atoms with van der Waals surface area (Å²) >= 11 is 3.33. The second kappa shape index (κ2) is 5.53. The maximum Gasteiger partial charge on any atom is 0.417 e. The quantitative estimate of drug-likeness (QED) is 0.763. The van der Waals surface area contributed by atoms with Gasteiger partial charge in [0.2, 0.25) is 0 Å². The van der Waals surface area contributed by atoms with E-state index in [1.54, 1.807) is 18.2 Å². The number of hydrogen-bond acceptors (Lipinski definition) is 3. The number of cyclic esters (lactones) is 1. The highest BCUT2D eigenvalue weighted by Gasteiger charge is 2.49. The number of carbonyl (C=O) groups excluding carboxylic acids is 2. The van der Waals surface area contributed by atoms with Gasteiger partial charge in [-0.1, -0.05) is 22.0 Å². The van der Waals surface area contributed by atoms with E-state index in [-0.39, 0.29) is 6.42 Å². The van der Waals surface area contributed by atoms with E-state index < -0.39 is 17.9 Å². The lowest BCUT2D eigenvalue weighted by Gasteiger charge is -2.27. The van der Waals surface area contributed by atoms with Gasteiger partial charge in [-0.15, -0.1) is 0 Å². The highest BCUT2D eigenvalue weighted by Crippen LogP contribution is 2.35. The van der Waals surface area contributed by atoms with Crippen molar-refractivity contribution in [3.8, 4) is 0 Å². The van der Waals surface area contributed by atoms with Crippen LogP contribution in [-0.2, 0) is 16.0 Å². The third-order valence-electron chi connectivity index (χ3n) is 4.06. The number of fused-ring (bicyclic) bond motifs is 1. The number of anilines is 1. The number of carbonyl (C=O) groups is 2. The zero-order valence-corrected chi connectivity index (χ0v) is 13.7. The average molecular weight is 371 g/mol. The lowest BCUT2D eigenvalue weighted by Crippen LogP contribution is -2.49. The summed E-state index contributed by atoms with van der Waals surface area (Å²) in [5, 5.41) is 0. The van der Waals surface area contributed by atoms with Gasteiger partial charge in [-0.3, -0.25) is 9.69 Å². The molecule has 0 aromatic heterocycles. The molecule has 2 heterocycles. The fourth-order valence-electron chi connectivity index (χ4n) is 2.86. The van der Waals surface area contributed by atoms with Crippen LogP contribution in [-0.4, -0.2) is 42.9 Å². The smallest absolute Gasteiger partial charge is 0.402 e. The first-order valence-corrected chi connectivity index (χ1v) is 7.93. The van der Waals surface area contributed by atoms with Gasteiger partial charge in [-0.2, -0.15) is 4.39 Å². The molecule has 2 amide bonds. The summed E-state index contributed by atoms with van der Waals surface area (Å²) in [7, 11) is 1.50. The van der Waals surface area contributed by atoms with E-state index in [1.165, 1.54) is 16.8 Å². The fourth-order valence-corrected chi connectivity index (χ4v) is 3.21. The molecule has 0 aliphatic carbocycles. The summed E-state index contributed by atoms with van der Waals surface area (Å²) < 4.78 is 20.9. The van der Waals surface area contributed by atoms with Crippen LogP contribution in [0.2, 0.25) is 0 Å². The molecule has 1 saturated heterocycles. The van der Waals surface area contributed by atoms with E-state index in [0.717, 1.165) is 17.3 Å². The molecule has 2 aliphatic rings. The molecule has 1 unspecified atom stereocenters. The maximum absolute atomic E-state index is 15.2. The predicted molar refractivity (Wildman–Crippen MR) is 82.4 cm³/mol. The summed E-state index contributed by atoms with van der Waals surface area (Å²) in [5.41, 5.74) is 1.10. The topological polar surface area (TPSA) is 49.9 Å². The maximum atomic E-state index is 15.2. The molecule has 1 aromatic rings. The standard InChI is InChI=1S/C15H16BrFN2O3/c1-18-12-8-11(16)5-4-10(12)9-15(17,22-14(18)21)13(20)19-6-2-3-7-19/h4-5,8H,2-3,6-7,9H2,1H3. The molecule has 0 bridgehead atoms. The second-order valence-corrected chi connectivity index (χ2v) is 6.52. The molecule has 0 saturated carbocycles. The van der Waals surface area contributed by atoms with Crippen molar-refractivity contribution in [2.45, 2.75) is 25.1 Å². The van der Waals surface area contributed by atoms with E-state index in [0.29, 0.717) is 24.3 Å². The van der Waals surface area contributed by atoms with Crippen molar-refractivity contribution in [2.24, 2.45) is 0 Å². The second-order valence-electron chi connectivity index (χ2n) is 5.60. The Morgan fingerprint density at radius 2 is 2.05 bits per heavy atom. The fraction of sp³-hybridized carbons (Fsp3) is 0.467. The Morgan fingerprint density at radius 3 is 2.73 bits per heavy atom. The van der Waals surface area contributed by atoms with E-state index in [1.807, 2.05) is 0 Å². The van der Waals surface area contributed by atoms with Gasteiger partial charge in [-0.05, 0) is 30.5 Å². The van der Waals surface area contributed by atoms with Gasteiger partial charge in [0.25, 0.3) is 0 Å². The Morgan fingerprint density at radius 1 is 1.36 bits per heavy atom. The molecule has 3 rings (SSSR count). The molecule has 1 atom stereocenters. The van der Waals surface area contributed by atoms with E-state index in [2.05, 4.69) is 15.9 Å². The Bertz CT molecular complexity index is 633. The van der Waals surface area contributed by atoms with Gasteiger partial charge >= 0.3 is 17.9 Å². The third kappa shape index (κ3) is 2.58. The lowest BCUT2D eigenvalue weighted by atomic mass is 10.0. The van der Waals surface area contributed by atoms with Gasteiger partial charge in [-0.25, -0.2) is 4.79 Å². The first-order chi connectivity index (χ1) is 10.4. The minimum absolute atomic E-state index is 0.277. The molecule has 118 valence electrons. The van der Waals surface area contributed by atoms with Crippen LogP contribution < -0.4 is 4.90 Å². The Balaban J connectivity index is 1.98. The molecular weight excluding hydrogens is 355 g/mol. The number of halogens is 2. The monoisotopic (exact) mass is 370 g/mol. The number of nitrogens with zero attached hydrogens (tertiary/aromatic N) is 2. The summed E-state index contributed by atoms with van der Waals surface area (Å²) in [5.74, 6) is -3.41. The molecule has 5 nitrogen and oxygen atoms in total. The minimum Gasteiger partial charge on any atom is -0.402 e. The summed E-state index contributed by atoms with van der Waals surface area (Å²) in [6, 6.07) is 5.16. The van der Waals surface area contributed by atoms with Crippen molar-refractivity contribution < 1.29 is 18.7 Å². The van der Waals surface area contributed by atoms with Crippen LogP contribution in [0.15, 0.2) is 22.7 Å². The van der Waals surface area contributed by atoms with Crippen molar-refractivity contribution >= 4 is 33.6 Å². The van der Waals surface area contributed by atoms with Gasteiger partial charge in [0.15, 0.2) is 0 Å². The summed E-state index contributed by atoms with van der Waals surface area (Å²) in [6.45, 7) is 1.01. The predicted octanol–water partition coefficient (Wildman–Crippen LogP) is 2.87. The van der Waals surface area contributed by atoms with Gasteiger partial charge < -0.3 is 9.64 Å².